The highest BCUT2D eigenvalue weighted by atomic mass is 19.1. The smallest absolute Gasteiger partial charge is 0.254 e. The minimum absolute atomic E-state index is 0.154. The molecule has 4 nitrogen and oxygen atoms in total. The fraction of sp³-hybridized carbons (Fsp3) is 0.433. The zero-order valence-corrected chi connectivity index (χ0v) is 20.6. The molecule has 0 spiro atoms. The number of nitrogens with zero attached hydrogens (tertiary/aromatic N) is 2. The van der Waals surface area contributed by atoms with Crippen LogP contribution in [0, 0.1) is 17.7 Å². The quantitative estimate of drug-likeness (QED) is 0.515. The zero-order chi connectivity index (χ0) is 24.2. The first-order chi connectivity index (χ1) is 17.1. The third-order valence-corrected chi connectivity index (χ3v) is 7.96. The summed E-state index contributed by atoms with van der Waals surface area (Å²) in [5.74, 6) is 1.43. The molecule has 2 aliphatic rings. The summed E-state index contributed by atoms with van der Waals surface area (Å²) < 4.78 is 13.3. The van der Waals surface area contributed by atoms with Crippen LogP contribution >= 0.6 is 0 Å². The normalized spacial score (nSPS) is 21.6. The van der Waals surface area contributed by atoms with Crippen molar-refractivity contribution in [2.24, 2.45) is 11.8 Å². The Hall–Kier alpha value is -2.76. The van der Waals surface area contributed by atoms with Crippen LogP contribution in [0.15, 0.2) is 66.7 Å². The molecule has 0 bridgehead atoms. The number of piperidine rings is 1. The van der Waals surface area contributed by atoms with Crippen LogP contribution in [0.3, 0.4) is 0 Å². The summed E-state index contributed by atoms with van der Waals surface area (Å²) in [5, 5.41) is 5.68. The molecule has 35 heavy (non-hydrogen) atoms. The fourth-order valence-corrected chi connectivity index (χ4v) is 5.97. The second-order valence-electron chi connectivity index (χ2n) is 10.2. The highest BCUT2D eigenvalue weighted by molar-refractivity contribution is 6.07. The number of nitrogens with one attached hydrogen (secondary N) is 1. The summed E-state index contributed by atoms with van der Waals surface area (Å²) in [6, 6.07) is 21.2. The topological polar surface area (TPSA) is 35.6 Å². The van der Waals surface area contributed by atoms with E-state index in [-0.39, 0.29) is 11.7 Å². The van der Waals surface area contributed by atoms with Crippen molar-refractivity contribution in [1.29, 1.82) is 0 Å². The molecule has 0 radical (unpaired) electrons. The van der Waals surface area contributed by atoms with Gasteiger partial charge in [-0.3, -0.25) is 4.79 Å². The highest BCUT2D eigenvalue weighted by Crippen LogP contribution is 2.32. The lowest BCUT2D eigenvalue weighted by molar-refractivity contribution is 0.0782. The molecule has 3 aromatic carbocycles. The Morgan fingerprint density at radius 1 is 0.943 bits per heavy atom. The van der Waals surface area contributed by atoms with Crippen molar-refractivity contribution >= 4 is 16.7 Å². The maximum Gasteiger partial charge on any atom is 0.254 e. The predicted molar refractivity (Wildman–Crippen MR) is 140 cm³/mol. The predicted octanol–water partition coefficient (Wildman–Crippen LogP) is 5.16. The van der Waals surface area contributed by atoms with Gasteiger partial charge in [0.2, 0.25) is 0 Å². The van der Waals surface area contributed by atoms with E-state index in [2.05, 4.69) is 40.2 Å². The maximum atomic E-state index is 13.6. The van der Waals surface area contributed by atoms with Crippen LogP contribution in [0.5, 0.6) is 0 Å². The lowest BCUT2D eigenvalue weighted by Gasteiger charge is -2.34. The Balaban J connectivity index is 1.24. The summed E-state index contributed by atoms with van der Waals surface area (Å²) in [6.45, 7) is 8.82. The van der Waals surface area contributed by atoms with Crippen LogP contribution in [-0.2, 0) is 0 Å². The number of hydrogen-bond donors (Lipinski definition) is 1. The summed E-state index contributed by atoms with van der Waals surface area (Å²) in [6.07, 6.45) is 2.21. The van der Waals surface area contributed by atoms with Crippen LogP contribution in [-0.4, -0.2) is 61.5 Å². The molecule has 2 aliphatic heterocycles. The van der Waals surface area contributed by atoms with Gasteiger partial charge in [0.25, 0.3) is 5.91 Å². The van der Waals surface area contributed by atoms with Crippen LogP contribution in [0.1, 0.15) is 41.6 Å². The molecule has 0 aromatic heterocycles. The Morgan fingerprint density at radius 2 is 1.66 bits per heavy atom. The summed E-state index contributed by atoms with van der Waals surface area (Å²) in [5.41, 5.74) is 2.06. The first kappa shape index (κ1) is 24.0. The number of rotatable bonds is 7. The van der Waals surface area contributed by atoms with Gasteiger partial charge < -0.3 is 15.1 Å². The van der Waals surface area contributed by atoms with Crippen LogP contribution in [0.25, 0.3) is 10.8 Å². The molecule has 2 fully saturated rings. The van der Waals surface area contributed by atoms with E-state index in [1.54, 1.807) is 12.1 Å². The molecular formula is C30H36FN3O. The lowest BCUT2D eigenvalue weighted by atomic mass is 9.88. The van der Waals surface area contributed by atoms with Crippen molar-refractivity contribution in [2.45, 2.75) is 25.7 Å². The third kappa shape index (κ3) is 5.41. The van der Waals surface area contributed by atoms with Gasteiger partial charge in [-0.15, -0.1) is 0 Å². The van der Waals surface area contributed by atoms with Crippen LogP contribution < -0.4 is 5.32 Å². The molecule has 0 aliphatic carbocycles. The standard InChI is InChI=1S/C30H36FN3O/c1-2-32-18-25-20-34(30(35)29-9-5-7-24-6-3-4-8-28(24)29)21-26(25)19-33-16-14-23(15-17-33)22-10-12-27(31)13-11-22/h3-13,23,25-26,32H,2,14-21H2,1H3/t25-,26?/m1/s1. The van der Waals surface area contributed by atoms with Crippen molar-refractivity contribution in [2.75, 3.05) is 45.8 Å². The molecule has 1 N–H and O–H groups in total. The molecule has 3 aromatic rings. The second-order valence-corrected chi connectivity index (χ2v) is 10.2. The van der Waals surface area contributed by atoms with E-state index in [1.165, 1.54) is 5.56 Å². The average molecular weight is 474 g/mol. The molecule has 5 rings (SSSR count). The molecule has 5 heteroatoms. The maximum absolute atomic E-state index is 13.6. The van der Waals surface area contributed by atoms with Crippen LogP contribution in [0.2, 0.25) is 0 Å². The molecular weight excluding hydrogens is 437 g/mol. The van der Waals surface area contributed by atoms with Crippen molar-refractivity contribution < 1.29 is 9.18 Å². The Morgan fingerprint density at radius 3 is 2.43 bits per heavy atom. The fourth-order valence-electron chi connectivity index (χ4n) is 5.97. The Labute approximate surface area is 208 Å². The van der Waals surface area contributed by atoms with E-state index in [0.29, 0.717) is 17.8 Å². The van der Waals surface area contributed by atoms with Crippen molar-refractivity contribution in [3.05, 3.63) is 83.7 Å². The first-order valence-corrected chi connectivity index (χ1v) is 13.1. The van der Waals surface area contributed by atoms with Crippen molar-refractivity contribution in [1.82, 2.24) is 15.1 Å². The average Bonchev–Trinajstić information content (AvgIpc) is 3.30. The molecule has 1 amide bonds. The van der Waals surface area contributed by atoms with E-state index in [4.69, 9.17) is 0 Å². The highest BCUT2D eigenvalue weighted by Gasteiger charge is 2.37. The summed E-state index contributed by atoms with van der Waals surface area (Å²) >= 11 is 0. The second kappa shape index (κ2) is 10.9. The molecule has 0 saturated carbocycles. The SMILES string of the molecule is CCNC[C@@H]1CN(C(=O)c2cccc3ccccc23)CC1CN1CCC(c2ccc(F)cc2)CC1. The zero-order valence-electron chi connectivity index (χ0n) is 20.6. The molecule has 2 heterocycles. The third-order valence-electron chi connectivity index (χ3n) is 7.96. The minimum Gasteiger partial charge on any atom is -0.338 e. The Bertz CT molecular complexity index is 1130. The Kier molecular flexibility index (Phi) is 7.45. The minimum atomic E-state index is -0.165. The van der Waals surface area contributed by atoms with Crippen molar-refractivity contribution in [3.8, 4) is 0 Å². The number of fused-ring (bicyclic) bond motifs is 1. The monoisotopic (exact) mass is 473 g/mol. The van der Waals surface area contributed by atoms with Gasteiger partial charge in [-0.05, 0) is 84.8 Å². The van der Waals surface area contributed by atoms with Gasteiger partial charge in [0.1, 0.15) is 5.82 Å². The van der Waals surface area contributed by atoms with Crippen LogP contribution in [0.4, 0.5) is 4.39 Å². The molecule has 2 atom stereocenters. The van der Waals surface area contributed by atoms with E-state index in [0.717, 1.165) is 75.0 Å². The lowest BCUT2D eigenvalue weighted by Crippen LogP contribution is -2.40. The van der Waals surface area contributed by atoms with Gasteiger partial charge in [0, 0.05) is 31.7 Å². The number of likely N-dealkylation sites (tertiary alicyclic amines) is 2. The first-order valence-electron chi connectivity index (χ1n) is 13.1. The molecule has 2 saturated heterocycles. The van der Waals surface area contributed by atoms with E-state index in [1.807, 2.05) is 36.4 Å². The van der Waals surface area contributed by atoms with Gasteiger partial charge in [-0.2, -0.15) is 0 Å². The number of amides is 1. The van der Waals surface area contributed by atoms with Gasteiger partial charge in [0.15, 0.2) is 0 Å². The van der Waals surface area contributed by atoms with Crippen molar-refractivity contribution in [3.63, 3.8) is 0 Å². The largest absolute Gasteiger partial charge is 0.338 e. The van der Waals surface area contributed by atoms with Gasteiger partial charge in [-0.25, -0.2) is 4.39 Å². The number of carbonyl (C=O) groups excluding carboxylic acids is 1. The van der Waals surface area contributed by atoms with Gasteiger partial charge in [-0.1, -0.05) is 55.5 Å². The molecule has 1 unspecified atom stereocenters. The van der Waals surface area contributed by atoms with Gasteiger partial charge in [0.05, 0.1) is 0 Å². The number of carbonyl (C=O) groups is 1. The van der Waals surface area contributed by atoms with Gasteiger partial charge >= 0.3 is 0 Å². The summed E-state index contributed by atoms with van der Waals surface area (Å²) in [7, 11) is 0. The van der Waals surface area contributed by atoms with E-state index >= 15 is 0 Å². The number of hydrogen-bond acceptors (Lipinski definition) is 3. The summed E-state index contributed by atoms with van der Waals surface area (Å²) in [4.78, 5) is 18.3. The van der Waals surface area contributed by atoms with E-state index in [9.17, 15) is 9.18 Å². The number of halogens is 1. The number of benzene rings is 3. The molecule has 184 valence electrons. The van der Waals surface area contributed by atoms with E-state index < -0.39 is 0 Å².